The summed E-state index contributed by atoms with van der Waals surface area (Å²) in [6, 6.07) is 4.46. The summed E-state index contributed by atoms with van der Waals surface area (Å²) in [5.41, 5.74) is 0.0751. The second-order valence-electron chi connectivity index (χ2n) is 5.28. The van der Waals surface area contributed by atoms with Gasteiger partial charge in [0.1, 0.15) is 5.75 Å². The number of carbonyl (C=O) groups excluding carboxylic acids is 2. The van der Waals surface area contributed by atoms with Crippen molar-refractivity contribution in [3.8, 4) is 5.75 Å². The van der Waals surface area contributed by atoms with E-state index in [9.17, 15) is 19.6 Å². The first-order valence-electron chi connectivity index (χ1n) is 7.53. The minimum absolute atomic E-state index is 0.0312. The molecule has 0 radical (unpaired) electrons. The fraction of sp³-hybridized carbons (Fsp3) is 0.467. The first-order valence-corrected chi connectivity index (χ1v) is 7.53. The van der Waals surface area contributed by atoms with Gasteiger partial charge in [0.15, 0.2) is 12.9 Å². The van der Waals surface area contributed by atoms with Gasteiger partial charge in [-0.1, -0.05) is 19.1 Å². The lowest BCUT2D eigenvalue weighted by Crippen LogP contribution is -2.47. The molecule has 1 fully saturated rings. The number of morpholine rings is 1. The number of nitrogens with zero attached hydrogens (tertiary/aromatic N) is 1. The van der Waals surface area contributed by atoms with Gasteiger partial charge in [-0.25, -0.2) is 0 Å². The van der Waals surface area contributed by atoms with E-state index in [-0.39, 0.29) is 35.4 Å². The van der Waals surface area contributed by atoms with Gasteiger partial charge in [0.25, 0.3) is 5.91 Å². The van der Waals surface area contributed by atoms with Crippen molar-refractivity contribution in [3.63, 3.8) is 0 Å². The summed E-state index contributed by atoms with van der Waals surface area (Å²) in [4.78, 5) is 25.0. The van der Waals surface area contributed by atoms with E-state index < -0.39 is 7.12 Å². The maximum Gasteiger partial charge on any atom is 0.489 e. The highest BCUT2D eigenvalue weighted by molar-refractivity contribution is 6.60. The van der Waals surface area contributed by atoms with Gasteiger partial charge in [-0.15, -0.1) is 0 Å². The molecule has 1 amide bonds. The monoisotopic (exact) mass is 321 g/mol. The Bertz CT molecular complexity index is 565. The normalized spacial score (nSPS) is 17.7. The van der Waals surface area contributed by atoms with Crippen molar-refractivity contribution in [1.29, 1.82) is 0 Å². The van der Waals surface area contributed by atoms with Crippen LogP contribution in [0.2, 0.25) is 0 Å². The van der Waals surface area contributed by atoms with Crippen molar-refractivity contribution in [2.45, 2.75) is 19.4 Å². The Morgan fingerprint density at radius 2 is 2.30 bits per heavy atom. The Balaban J connectivity index is 2.01. The quantitative estimate of drug-likeness (QED) is 0.526. The van der Waals surface area contributed by atoms with Gasteiger partial charge >= 0.3 is 7.12 Å². The predicted octanol–water partition coefficient (Wildman–Crippen LogP) is -0.805. The summed E-state index contributed by atoms with van der Waals surface area (Å²) in [6.45, 7) is 3.30. The Morgan fingerprint density at radius 3 is 2.96 bits per heavy atom. The maximum atomic E-state index is 12.2. The number of rotatable bonds is 6. The predicted molar refractivity (Wildman–Crippen MR) is 83.8 cm³/mol. The van der Waals surface area contributed by atoms with Crippen LogP contribution in [0.4, 0.5) is 0 Å². The molecule has 23 heavy (non-hydrogen) atoms. The summed E-state index contributed by atoms with van der Waals surface area (Å²) in [5.74, 6) is -0.0437. The number of ether oxygens (including phenoxy) is 2. The van der Waals surface area contributed by atoms with Gasteiger partial charge in [-0.05, 0) is 17.9 Å². The van der Waals surface area contributed by atoms with Crippen LogP contribution in [0.3, 0.4) is 0 Å². The summed E-state index contributed by atoms with van der Waals surface area (Å²) in [6.07, 6.45) is 1.35. The molecule has 2 N–H and O–H groups in total. The molecule has 0 saturated carbocycles. The SMILES string of the molecule is CCC1CN(C(=O)COc2cccc(B(O)O)c2C=O)CCO1. The van der Waals surface area contributed by atoms with E-state index in [4.69, 9.17) is 9.47 Å². The average molecular weight is 321 g/mol. The highest BCUT2D eigenvalue weighted by Gasteiger charge is 2.24. The van der Waals surface area contributed by atoms with Crippen molar-refractivity contribution < 1.29 is 29.1 Å². The van der Waals surface area contributed by atoms with E-state index in [1.165, 1.54) is 18.2 Å². The van der Waals surface area contributed by atoms with Gasteiger partial charge in [-0.2, -0.15) is 0 Å². The van der Waals surface area contributed by atoms with Gasteiger partial charge in [0, 0.05) is 13.1 Å². The molecule has 1 aliphatic heterocycles. The third-order valence-corrected chi connectivity index (χ3v) is 3.79. The fourth-order valence-corrected chi connectivity index (χ4v) is 2.46. The van der Waals surface area contributed by atoms with E-state index in [1.54, 1.807) is 4.90 Å². The number of amides is 1. The molecule has 1 atom stereocenters. The van der Waals surface area contributed by atoms with Crippen LogP contribution in [0, 0.1) is 0 Å². The lowest BCUT2D eigenvalue weighted by atomic mass is 9.77. The first-order chi connectivity index (χ1) is 11.1. The zero-order valence-corrected chi connectivity index (χ0v) is 13.0. The molecule has 1 aliphatic rings. The number of carbonyl (C=O) groups is 2. The van der Waals surface area contributed by atoms with Gasteiger partial charge < -0.3 is 24.4 Å². The first kappa shape index (κ1) is 17.5. The van der Waals surface area contributed by atoms with E-state index in [1.807, 2.05) is 6.92 Å². The molecule has 0 bridgehead atoms. The van der Waals surface area contributed by atoms with Crippen LogP contribution in [-0.4, -0.2) is 66.7 Å². The number of benzene rings is 1. The van der Waals surface area contributed by atoms with Crippen LogP contribution in [-0.2, 0) is 9.53 Å². The van der Waals surface area contributed by atoms with Crippen molar-refractivity contribution in [3.05, 3.63) is 23.8 Å². The standard InChI is InChI=1S/C15H20BNO6/c1-2-11-8-17(6-7-22-11)15(19)10-23-14-5-3-4-13(16(20)21)12(14)9-18/h3-5,9,11,20-21H,2,6-8,10H2,1H3. The molecule has 1 heterocycles. The topological polar surface area (TPSA) is 96.3 Å². The molecule has 7 nitrogen and oxygen atoms in total. The summed E-state index contributed by atoms with van der Waals surface area (Å²) in [7, 11) is -1.78. The third kappa shape index (κ3) is 4.31. The van der Waals surface area contributed by atoms with Crippen molar-refractivity contribution in [1.82, 2.24) is 4.90 Å². The Labute approximate surface area is 135 Å². The van der Waals surface area contributed by atoms with E-state index in [0.717, 1.165) is 6.42 Å². The molecule has 2 rings (SSSR count). The second kappa shape index (κ2) is 8.10. The average Bonchev–Trinajstić information content (AvgIpc) is 2.59. The zero-order valence-electron chi connectivity index (χ0n) is 13.0. The molecule has 0 aliphatic carbocycles. The molecular weight excluding hydrogens is 301 g/mol. The minimum atomic E-state index is -1.78. The maximum absolute atomic E-state index is 12.2. The summed E-state index contributed by atoms with van der Waals surface area (Å²) < 4.78 is 10.9. The summed E-state index contributed by atoms with van der Waals surface area (Å²) in [5, 5.41) is 18.5. The molecule has 8 heteroatoms. The molecule has 1 aromatic rings. The van der Waals surface area contributed by atoms with Crippen LogP contribution < -0.4 is 10.2 Å². The highest BCUT2D eigenvalue weighted by Crippen LogP contribution is 2.15. The molecule has 0 spiro atoms. The lowest BCUT2D eigenvalue weighted by molar-refractivity contribution is -0.141. The van der Waals surface area contributed by atoms with Crippen molar-refractivity contribution in [2.24, 2.45) is 0 Å². The Morgan fingerprint density at radius 1 is 1.52 bits per heavy atom. The summed E-state index contributed by atoms with van der Waals surface area (Å²) >= 11 is 0. The zero-order chi connectivity index (χ0) is 16.8. The van der Waals surface area contributed by atoms with E-state index in [2.05, 4.69) is 0 Å². The van der Waals surface area contributed by atoms with Crippen LogP contribution in [0.25, 0.3) is 0 Å². The Kier molecular flexibility index (Phi) is 6.15. The van der Waals surface area contributed by atoms with Crippen LogP contribution >= 0.6 is 0 Å². The van der Waals surface area contributed by atoms with Crippen molar-refractivity contribution >= 4 is 24.8 Å². The van der Waals surface area contributed by atoms with Gasteiger partial charge in [0.05, 0.1) is 18.3 Å². The van der Waals surface area contributed by atoms with Crippen LogP contribution in [0.5, 0.6) is 5.75 Å². The number of aldehydes is 1. The third-order valence-electron chi connectivity index (χ3n) is 3.79. The molecule has 1 saturated heterocycles. The highest BCUT2D eigenvalue weighted by atomic mass is 16.5. The van der Waals surface area contributed by atoms with Gasteiger partial charge in [0.2, 0.25) is 0 Å². The molecule has 1 unspecified atom stereocenters. The largest absolute Gasteiger partial charge is 0.489 e. The second-order valence-corrected chi connectivity index (χ2v) is 5.28. The fourth-order valence-electron chi connectivity index (χ4n) is 2.46. The molecule has 0 aromatic heterocycles. The van der Waals surface area contributed by atoms with E-state index in [0.29, 0.717) is 26.0 Å². The smallest absolute Gasteiger partial charge is 0.483 e. The van der Waals surface area contributed by atoms with E-state index >= 15 is 0 Å². The van der Waals surface area contributed by atoms with Gasteiger partial charge in [-0.3, -0.25) is 9.59 Å². The number of hydrogen-bond donors (Lipinski definition) is 2. The van der Waals surface area contributed by atoms with Crippen LogP contribution in [0.15, 0.2) is 18.2 Å². The lowest BCUT2D eigenvalue weighted by Gasteiger charge is -2.32. The van der Waals surface area contributed by atoms with Crippen LogP contribution in [0.1, 0.15) is 23.7 Å². The Hall–Kier alpha value is -1.90. The minimum Gasteiger partial charge on any atom is -0.483 e. The molecule has 1 aromatic carbocycles. The molecule has 124 valence electrons. The van der Waals surface area contributed by atoms with Crippen molar-refractivity contribution in [2.75, 3.05) is 26.3 Å². The number of hydrogen-bond acceptors (Lipinski definition) is 6. The molecular formula is C15H20BNO6.